The van der Waals surface area contributed by atoms with Crippen molar-refractivity contribution in [2.75, 3.05) is 26.2 Å². The molecule has 2 atom stereocenters. The summed E-state index contributed by atoms with van der Waals surface area (Å²) in [6.45, 7) is 6.33. The van der Waals surface area contributed by atoms with Crippen molar-refractivity contribution in [3.05, 3.63) is 35.4 Å². The number of esters is 1. The lowest BCUT2D eigenvalue weighted by Gasteiger charge is -2.36. The Kier molecular flexibility index (Phi) is 5.15. The number of hydrogen-bond donors (Lipinski definition) is 1. The van der Waals surface area contributed by atoms with Gasteiger partial charge in [0.1, 0.15) is 0 Å². The number of likely N-dealkylation sites (tertiary alicyclic amines) is 1. The van der Waals surface area contributed by atoms with Crippen LogP contribution in [0.1, 0.15) is 30.4 Å². The van der Waals surface area contributed by atoms with Crippen LogP contribution in [0.3, 0.4) is 0 Å². The Morgan fingerprint density at radius 2 is 2.25 bits per heavy atom. The van der Waals surface area contributed by atoms with Gasteiger partial charge in [-0.1, -0.05) is 29.8 Å². The summed E-state index contributed by atoms with van der Waals surface area (Å²) in [7, 11) is 0. The minimum absolute atomic E-state index is 0.115. The van der Waals surface area contributed by atoms with Gasteiger partial charge in [-0.25, -0.2) is 0 Å². The molecule has 0 aromatic heterocycles. The average Bonchev–Trinajstić information content (AvgIpc) is 2.38. The summed E-state index contributed by atoms with van der Waals surface area (Å²) in [6, 6.07) is 8.66. The van der Waals surface area contributed by atoms with E-state index in [1.165, 1.54) is 11.1 Å². The van der Waals surface area contributed by atoms with E-state index in [1.54, 1.807) is 0 Å². The second-order valence-electron chi connectivity index (χ2n) is 5.61. The number of nitrogens with zero attached hydrogens (tertiary/aromatic N) is 1. The van der Waals surface area contributed by atoms with Crippen LogP contribution in [0.15, 0.2) is 24.3 Å². The predicted molar refractivity (Wildman–Crippen MR) is 79.6 cm³/mol. The van der Waals surface area contributed by atoms with Crippen LogP contribution in [0, 0.1) is 6.92 Å². The van der Waals surface area contributed by atoms with Crippen LogP contribution in [-0.2, 0) is 9.53 Å². The molecular weight excluding hydrogens is 252 g/mol. The van der Waals surface area contributed by atoms with Crippen molar-refractivity contribution in [1.82, 2.24) is 4.90 Å². The van der Waals surface area contributed by atoms with Gasteiger partial charge in [-0.15, -0.1) is 0 Å². The standard InChI is InChI=1S/C16H24N2O2/c1-3-20-16(19)11-18-9-14(8-15(17)10-18)13-6-4-5-12(2)7-13/h4-7,14-15H,3,8-11,17H2,1-2H3. The number of benzene rings is 1. The van der Waals surface area contributed by atoms with Crippen molar-refractivity contribution in [2.24, 2.45) is 5.73 Å². The van der Waals surface area contributed by atoms with Crippen LogP contribution in [0.4, 0.5) is 0 Å². The van der Waals surface area contributed by atoms with Gasteiger partial charge >= 0.3 is 5.97 Å². The van der Waals surface area contributed by atoms with E-state index >= 15 is 0 Å². The first kappa shape index (κ1) is 15.0. The lowest BCUT2D eigenvalue weighted by Crippen LogP contribution is -2.48. The minimum Gasteiger partial charge on any atom is -0.465 e. The van der Waals surface area contributed by atoms with Crippen molar-refractivity contribution >= 4 is 5.97 Å². The molecule has 1 saturated heterocycles. The average molecular weight is 276 g/mol. The minimum atomic E-state index is -0.162. The molecule has 0 amide bonds. The Bertz CT molecular complexity index is 462. The summed E-state index contributed by atoms with van der Waals surface area (Å²) < 4.78 is 5.02. The van der Waals surface area contributed by atoms with E-state index in [0.717, 1.165) is 19.5 Å². The smallest absolute Gasteiger partial charge is 0.320 e. The fourth-order valence-corrected chi connectivity index (χ4v) is 2.92. The quantitative estimate of drug-likeness (QED) is 0.850. The van der Waals surface area contributed by atoms with E-state index in [4.69, 9.17) is 10.5 Å². The molecule has 1 heterocycles. The molecule has 0 saturated carbocycles. The van der Waals surface area contributed by atoms with Gasteiger partial charge in [0.25, 0.3) is 0 Å². The molecule has 0 spiro atoms. The molecule has 0 aliphatic carbocycles. The van der Waals surface area contributed by atoms with Gasteiger partial charge in [-0.05, 0) is 31.7 Å². The van der Waals surface area contributed by atoms with Gasteiger partial charge in [0.15, 0.2) is 0 Å². The molecule has 2 N–H and O–H groups in total. The maximum atomic E-state index is 11.6. The molecule has 4 heteroatoms. The summed E-state index contributed by atoms with van der Waals surface area (Å²) >= 11 is 0. The van der Waals surface area contributed by atoms with E-state index in [2.05, 4.69) is 36.1 Å². The number of carbonyl (C=O) groups excluding carboxylic acids is 1. The molecule has 4 nitrogen and oxygen atoms in total. The summed E-state index contributed by atoms with van der Waals surface area (Å²) in [5, 5.41) is 0. The summed E-state index contributed by atoms with van der Waals surface area (Å²) in [6.07, 6.45) is 0.975. The second kappa shape index (κ2) is 6.86. The first-order valence-electron chi connectivity index (χ1n) is 7.28. The van der Waals surface area contributed by atoms with Gasteiger partial charge < -0.3 is 10.5 Å². The fourth-order valence-electron chi connectivity index (χ4n) is 2.92. The Morgan fingerprint density at radius 3 is 2.95 bits per heavy atom. The number of ether oxygens (including phenoxy) is 1. The van der Waals surface area contributed by atoms with E-state index < -0.39 is 0 Å². The van der Waals surface area contributed by atoms with Crippen LogP contribution in [0.2, 0.25) is 0 Å². The van der Waals surface area contributed by atoms with Gasteiger partial charge in [0, 0.05) is 19.1 Å². The number of aryl methyl sites for hydroxylation is 1. The van der Waals surface area contributed by atoms with E-state index in [1.807, 2.05) is 6.92 Å². The maximum Gasteiger partial charge on any atom is 0.320 e. The molecule has 1 fully saturated rings. The third-order valence-corrected chi connectivity index (χ3v) is 3.73. The highest BCUT2D eigenvalue weighted by Gasteiger charge is 2.27. The molecule has 0 radical (unpaired) electrons. The SMILES string of the molecule is CCOC(=O)CN1CC(N)CC(c2cccc(C)c2)C1. The molecule has 1 aromatic carbocycles. The topological polar surface area (TPSA) is 55.6 Å². The zero-order chi connectivity index (χ0) is 14.5. The van der Waals surface area contributed by atoms with Crippen LogP contribution >= 0.6 is 0 Å². The lowest BCUT2D eigenvalue weighted by molar-refractivity contribution is -0.144. The highest BCUT2D eigenvalue weighted by Crippen LogP contribution is 2.26. The highest BCUT2D eigenvalue weighted by molar-refractivity contribution is 5.71. The predicted octanol–water partition coefficient (Wildman–Crippen LogP) is 1.67. The lowest BCUT2D eigenvalue weighted by atomic mass is 9.88. The second-order valence-corrected chi connectivity index (χ2v) is 5.61. The Morgan fingerprint density at radius 1 is 1.45 bits per heavy atom. The maximum absolute atomic E-state index is 11.6. The zero-order valence-electron chi connectivity index (χ0n) is 12.3. The van der Waals surface area contributed by atoms with E-state index in [0.29, 0.717) is 19.1 Å². The molecule has 1 aromatic rings. The van der Waals surface area contributed by atoms with Gasteiger partial charge in [0.05, 0.1) is 13.2 Å². The zero-order valence-corrected chi connectivity index (χ0v) is 12.3. The molecular formula is C16H24N2O2. The Labute approximate surface area is 120 Å². The van der Waals surface area contributed by atoms with Crippen molar-refractivity contribution in [2.45, 2.75) is 32.2 Å². The van der Waals surface area contributed by atoms with E-state index in [-0.39, 0.29) is 12.0 Å². The molecule has 2 rings (SSSR count). The van der Waals surface area contributed by atoms with Crippen molar-refractivity contribution < 1.29 is 9.53 Å². The van der Waals surface area contributed by atoms with Crippen molar-refractivity contribution in [3.63, 3.8) is 0 Å². The molecule has 20 heavy (non-hydrogen) atoms. The van der Waals surface area contributed by atoms with Crippen LogP contribution < -0.4 is 5.73 Å². The normalized spacial score (nSPS) is 23.6. The monoisotopic (exact) mass is 276 g/mol. The number of rotatable bonds is 4. The Balaban J connectivity index is 2.02. The van der Waals surface area contributed by atoms with Gasteiger partial charge in [-0.2, -0.15) is 0 Å². The largest absolute Gasteiger partial charge is 0.465 e. The molecule has 2 unspecified atom stereocenters. The fraction of sp³-hybridized carbons (Fsp3) is 0.562. The molecule has 110 valence electrons. The number of nitrogens with two attached hydrogens (primary N) is 1. The third kappa shape index (κ3) is 4.05. The first-order valence-corrected chi connectivity index (χ1v) is 7.28. The number of hydrogen-bond acceptors (Lipinski definition) is 4. The Hall–Kier alpha value is -1.39. The van der Waals surface area contributed by atoms with Crippen LogP contribution in [-0.4, -0.2) is 43.2 Å². The summed E-state index contributed by atoms with van der Waals surface area (Å²) in [5.41, 5.74) is 8.72. The van der Waals surface area contributed by atoms with Crippen molar-refractivity contribution in [1.29, 1.82) is 0 Å². The summed E-state index contributed by atoms with van der Waals surface area (Å²) in [4.78, 5) is 13.7. The number of piperidine rings is 1. The van der Waals surface area contributed by atoms with Crippen LogP contribution in [0.25, 0.3) is 0 Å². The highest BCUT2D eigenvalue weighted by atomic mass is 16.5. The molecule has 0 bridgehead atoms. The van der Waals surface area contributed by atoms with E-state index in [9.17, 15) is 4.79 Å². The molecule has 1 aliphatic rings. The van der Waals surface area contributed by atoms with Crippen molar-refractivity contribution in [3.8, 4) is 0 Å². The van der Waals surface area contributed by atoms with Crippen LogP contribution in [0.5, 0.6) is 0 Å². The van der Waals surface area contributed by atoms with Gasteiger partial charge in [-0.3, -0.25) is 9.69 Å². The first-order chi connectivity index (χ1) is 9.58. The number of carbonyl (C=O) groups is 1. The summed E-state index contributed by atoms with van der Waals surface area (Å²) in [5.74, 6) is 0.234. The van der Waals surface area contributed by atoms with Gasteiger partial charge in [0.2, 0.25) is 0 Å². The molecule has 1 aliphatic heterocycles. The third-order valence-electron chi connectivity index (χ3n) is 3.73.